The summed E-state index contributed by atoms with van der Waals surface area (Å²) in [6.07, 6.45) is 31.0. The minimum atomic E-state index is -3.47. The van der Waals surface area contributed by atoms with E-state index < -0.39 is 32.2 Å². The zero-order valence-corrected chi connectivity index (χ0v) is 29.0. The molecule has 2 atom stereocenters. The van der Waals surface area contributed by atoms with E-state index in [1.54, 1.807) is 0 Å². The molecule has 254 valence electrons. The van der Waals surface area contributed by atoms with E-state index in [2.05, 4.69) is 13.8 Å². The van der Waals surface area contributed by atoms with Crippen LogP contribution in [-0.4, -0.2) is 38.9 Å². The molecule has 0 rings (SSSR count). The maximum Gasteiger partial charge on any atom is 0.444 e. The number of hydrogen-bond acceptors (Lipinski definition) is 5. The number of carboxylic acid groups (broad SMARTS) is 1. The van der Waals surface area contributed by atoms with Crippen molar-refractivity contribution in [2.75, 3.05) is 6.61 Å². The number of carboxylic acids is 1. The molecule has 0 saturated heterocycles. The van der Waals surface area contributed by atoms with Gasteiger partial charge in [0.25, 0.3) is 5.91 Å². The van der Waals surface area contributed by atoms with Crippen molar-refractivity contribution in [1.82, 2.24) is 4.67 Å². The fourth-order valence-corrected chi connectivity index (χ4v) is 6.86. The van der Waals surface area contributed by atoms with Crippen molar-refractivity contribution in [3.05, 3.63) is 0 Å². The van der Waals surface area contributed by atoms with Crippen molar-refractivity contribution in [2.24, 2.45) is 0 Å². The van der Waals surface area contributed by atoms with Crippen LogP contribution in [0.5, 0.6) is 0 Å². The lowest BCUT2D eigenvalue weighted by Crippen LogP contribution is -2.57. The monoisotopic (exact) mass is 629 g/mol. The third-order valence-corrected chi connectivity index (χ3v) is 9.84. The maximum atomic E-state index is 12.9. The third kappa shape index (κ3) is 21.4. The molecule has 1 unspecified atom stereocenters. The predicted molar refractivity (Wildman–Crippen MR) is 177 cm³/mol. The van der Waals surface area contributed by atoms with E-state index in [-0.39, 0.29) is 12.8 Å². The first-order valence-electron chi connectivity index (χ1n) is 18.2. The zero-order chi connectivity index (χ0) is 32.0. The lowest BCUT2D eigenvalue weighted by molar-refractivity contribution is -0.189. The summed E-state index contributed by atoms with van der Waals surface area (Å²) in [5.74, 6) is -2.18. The molecule has 8 heteroatoms. The van der Waals surface area contributed by atoms with Crippen molar-refractivity contribution >= 4 is 20.1 Å². The Morgan fingerprint density at radius 2 is 0.884 bits per heavy atom. The van der Waals surface area contributed by atoms with Crippen LogP contribution in [0, 0.1) is 0 Å². The lowest BCUT2D eigenvalue weighted by Gasteiger charge is -2.32. The molecule has 0 aromatic carbocycles. The van der Waals surface area contributed by atoms with Gasteiger partial charge < -0.3 is 15.1 Å². The maximum absolute atomic E-state index is 12.9. The van der Waals surface area contributed by atoms with Crippen LogP contribution in [0.3, 0.4) is 0 Å². The Morgan fingerprint density at radius 1 is 0.581 bits per heavy atom. The smallest absolute Gasteiger partial charge is 0.444 e. The first-order valence-corrected chi connectivity index (χ1v) is 19.3. The molecule has 0 aromatic heterocycles. The van der Waals surface area contributed by atoms with Crippen LogP contribution in [0.1, 0.15) is 200 Å². The molecule has 0 saturated carbocycles. The number of unbranched alkanes of at least 4 members (excludes halogenated alkanes) is 25. The molecule has 0 aromatic rings. The fourth-order valence-electron chi connectivity index (χ4n) is 6.02. The molecule has 0 aliphatic heterocycles. The van der Waals surface area contributed by atoms with E-state index in [1.807, 2.05) is 0 Å². The summed E-state index contributed by atoms with van der Waals surface area (Å²) in [5, 5.41) is 20.0. The van der Waals surface area contributed by atoms with Gasteiger partial charge in [-0.25, -0.2) is 4.79 Å². The van der Waals surface area contributed by atoms with Crippen LogP contribution >= 0.6 is 8.18 Å². The van der Waals surface area contributed by atoms with Crippen molar-refractivity contribution in [3.8, 4) is 0 Å². The molecular weight excluding hydrogens is 561 g/mol. The Balaban J connectivity index is 4.28. The Hall–Kier alpha value is -1.04. The first-order chi connectivity index (χ1) is 20.9. The topological polar surface area (TPSA) is 118 Å². The van der Waals surface area contributed by atoms with E-state index >= 15 is 0 Å². The second kappa shape index (κ2) is 29.7. The summed E-state index contributed by atoms with van der Waals surface area (Å²) in [5.41, 5.74) is -2.11. The highest BCUT2D eigenvalue weighted by atomic mass is 31.1. The van der Waals surface area contributed by atoms with Gasteiger partial charge in [0.15, 0.2) is 0 Å². The summed E-state index contributed by atoms with van der Waals surface area (Å²) in [6, 6.07) is 0. The number of amides is 1. The number of rotatable bonds is 33. The second-order valence-corrected chi connectivity index (χ2v) is 13.7. The van der Waals surface area contributed by atoms with Crippen molar-refractivity contribution in [2.45, 2.75) is 206 Å². The molecule has 0 aliphatic carbocycles. The molecule has 0 heterocycles. The minimum Gasteiger partial charge on any atom is -0.573 e. The number of aliphatic hydroxyl groups is 1. The van der Waals surface area contributed by atoms with Gasteiger partial charge in [-0.3, -0.25) is 4.79 Å². The molecule has 43 heavy (non-hydrogen) atoms. The van der Waals surface area contributed by atoms with Crippen molar-refractivity contribution < 1.29 is 29.3 Å². The van der Waals surface area contributed by atoms with E-state index in [1.165, 1.54) is 116 Å². The summed E-state index contributed by atoms with van der Waals surface area (Å²) in [6.45, 7) is 3.56. The first kappa shape index (κ1) is 42.0. The average molecular weight is 630 g/mol. The lowest BCUT2D eigenvalue weighted by atomic mass is 9.92. The van der Waals surface area contributed by atoms with Gasteiger partial charge in [0, 0.05) is 6.42 Å². The molecule has 7 nitrogen and oxygen atoms in total. The molecule has 0 radical (unpaired) electrons. The number of aliphatic carboxylic acids is 1. The predicted octanol–water partition coefficient (Wildman–Crippen LogP) is 10.0. The van der Waals surface area contributed by atoms with E-state index in [9.17, 15) is 29.3 Å². The minimum absolute atomic E-state index is 0.0190. The highest BCUT2D eigenvalue weighted by Crippen LogP contribution is 2.35. The number of nitrogens with zero attached hydrogens (tertiary/aromatic N) is 1. The molecule has 2 N–H and O–H groups in total. The van der Waals surface area contributed by atoms with Crippen LogP contribution in [-0.2, 0) is 14.2 Å². The SMILES string of the molecule is CCCCCCCCCCCCCCCC[C@@](CO)(C(=O)O)N(C(=O)CCCCCCCCCCCCCCC)[P+](=O)[O-]. The van der Waals surface area contributed by atoms with Crippen LogP contribution in [0.25, 0.3) is 0 Å². The largest absolute Gasteiger partial charge is 0.573 e. The Bertz CT molecular complexity index is 691. The van der Waals surface area contributed by atoms with Gasteiger partial charge in [0.05, 0.1) is 6.61 Å². The van der Waals surface area contributed by atoms with Gasteiger partial charge in [-0.05, 0) is 17.4 Å². The third-order valence-electron chi connectivity index (χ3n) is 8.90. The van der Waals surface area contributed by atoms with Crippen LogP contribution in [0.2, 0.25) is 0 Å². The van der Waals surface area contributed by atoms with Crippen molar-refractivity contribution in [1.29, 1.82) is 0 Å². The van der Waals surface area contributed by atoms with Crippen molar-refractivity contribution in [3.63, 3.8) is 0 Å². The van der Waals surface area contributed by atoms with Crippen LogP contribution < -0.4 is 4.89 Å². The Morgan fingerprint density at radius 3 is 1.16 bits per heavy atom. The molecule has 0 fully saturated rings. The highest BCUT2D eigenvalue weighted by molar-refractivity contribution is 7.34. The van der Waals surface area contributed by atoms with Gasteiger partial charge in [-0.1, -0.05) is 181 Å². The normalized spacial score (nSPS) is 13.2. The molecule has 1 amide bonds. The van der Waals surface area contributed by atoms with Gasteiger partial charge in [-0.15, -0.1) is 4.67 Å². The number of carbonyl (C=O) groups is 2. The Kier molecular flexibility index (Phi) is 28.9. The number of aliphatic hydroxyl groups excluding tert-OH is 1. The molecule has 0 spiro atoms. The number of hydrogen-bond donors (Lipinski definition) is 2. The van der Waals surface area contributed by atoms with Gasteiger partial charge >= 0.3 is 14.1 Å². The van der Waals surface area contributed by atoms with E-state index in [0.29, 0.717) is 17.5 Å². The zero-order valence-electron chi connectivity index (χ0n) is 28.1. The molecule has 0 bridgehead atoms. The van der Waals surface area contributed by atoms with Gasteiger partial charge in [0.1, 0.15) is 0 Å². The average Bonchev–Trinajstić information content (AvgIpc) is 2.98. The molecular formula is C35H68NO6P. The summed E-state index contributed by atoms with van der Waals surface area (Å²) in [4.78, 5) is 37.2. The summed E-state index contributed by atoms with van der Waals surface area (Å²) in [7, 11) is -3.47. The fraction of sp³-hybridized carbons (Fsp3) is 0.943. The highest BCUT2D eigenvalue weighted by Gasteiger charge is 2.52. The van der Waals surface area contributed by atoms with Gasteiger partial charge in [-0.2, -0.15) is 0 Å². The van der Waals surface area contributed by atoms with Crippen LogP contribution in [0.4, 0.5) is 0 Å². The standard InChI is InChI=1S/C35H68NO6P/c1-3-5-7-9-11-13-15-17-19-21-23-25-27-29-31-35(32-37,34(39)40)36(43(41)42)33(38)30-28-26-24-22-20-18-16-14-12-10-8-6-4-2/h37H,3-32H2,1-2H3,(H,39,40)/t35-/m1/s1. The Labute approximate surface area is 265 Å². The van der Waals surface area contributed by atoms with E-state index in [0.717, 1.165) is 44.9 Å². The van der Waals surface area contributed by atoms with Crippen LogP contribution in [0.15, 0.2) is 0 Å². The van der Waals surface area contributed by atoms with E-state index in [4.69, 9.17) is 0 Å². The summed E-state index contributed by atoms with van der Waals surface area (Å²) >= 11 is 0. The molecule has 0 aliphatic rings. The summed E-state index contributed by atoms with van der Waals surface area (Å²) < 4.78 is 12.6. The van der Waals surface area contributed by atoms with Gasteiger partial charge in [0.2, 0.25) is 5.54 Å². The number of carbonyl (C=O) groups excluding carboxylic acids is 1. The quantitative estimate of drug-likeness (QED) is 0.0551. The second-order valence-electron chi connectivity index (χ2n) is 12.8.